The molecule has 0 saturated carbocycles. The van der Waals surface area contributed by atoms with E-state index in [4.69, 9.17) is 34.8 Å². The highest BCUT2D eigenvalue weighted by atomic mass is 35.5. The van der Waals surface area contributed by atoms with Crippen LogP contribution in [0.2, 0.25) is 15.1 Å². The lowest BCUT2D eigenvalue weighted by atomic mass is 10.2. The van der Waals surface area contributed by atoms with E-state index >= 15 is 0 Å². The van der Waals surface area contributed by atoms with Gasteiger partial charge in [0.05, 0.1) is 33.0 Å². The van der Waals surface area contributed by atoms with Crippen molar-refractivity contribution in [3.05, 3.63) is 63.4 Å². The molecule has 2 aromatic carbocycles. The van der Waals surface area contributed by atoms with Crippen LogP contribution in [-0.4, -0.2) is 16.2 Å². The predicted octanol–water partition coefficient (Wildman–Crippen LogP) is 5.04. The monoisotopic (exact) mass is 350 g/mol. The zero-order chi connectivity index (χ0) is 15.5. The molecule has 0 atom stereocenters. The smallest absolute Gasteiger partial charge is 0.0935 e. The summed E-state index contributed by atoms with van der Waals surface area (Å²) in [6.07, 6.45) is 4.95. The van der Waals surface area contributed by atoms with Crippen molar-refractivity contribution in [2.75, 3.05) is 5.43 Å². The number of anilines is 1. The molecule has 1 N–H and O–H groups in total. The molecule has 0 aliphatic rings. The van der Waals surface area contributed by atoms with Gasteiger partial charge in [-0.1, -0.05) is 40.9 Å². The summed E-state index contributed by atoms with van der Waals surface area (Å²) >= 11 is 18.0. The number of hydrazone groups is 1. The van der Waals surface area contributed by atoms with Gasteiger partial charge in [-0.2, -0.15) is 5.10 Å². The maximum absolute atomic E-state index is 6.07. The molecule has 0 aliphatic carbocycles. The summed E-state index contributed by atoms with van der Waals surface area (Å²) in [7, 11) is 0. The van der Waals surface area contributed by atoms with Crippen molar-refractivity contribution in [3.63, 3.8) is 0 Å². The van der Waals surface area contributed by atoms with Crippen molar-refractivity contribution in [3.8, 4) is 0 Å². The SMILES string of the molecule is Clc1cc(Cl)c(N/N=C\c2ccc3nccnc3c2)c(Cl)c1. The second kappa shape index (κ2) is 6.48. The zero-order valence-corrected chi connectivity index (χ0v) is 13.4. The molecular formula is C15H9Cl3N4. The molecule has 0 spiro atoms. The number of benzene rings is 2. The van der Waals surface area contributed by atoms with Gasteiger partial charge in [0.2, 0.25) is 0 Å². The average molecular weight is 352 g/mol. The van der Waals surface area contributed by atoms with Gasteiger partial charge in [-0.3, -0.25) is 15.4 Å². The Labute approximate surface area is 141 Å². The Morgan fingerprint density at radius 2 is 1.59 bits per heavy atom. The van der Waals surface area contributed by atoms with Gasteiger partial charge < -0.3 is 0 Å². The van der Waals surface area contributed by atoms with Crippen molar-refractivity contribution in [1.29, 1.82) is 0 Å². The summed E-state index contributed by atoms with van der Waals surface area (Å²) in [5, 5.41) is 5.41. The third kappa shape index (κ3) is 3.30. The molecular weight excluding hydrogens is 343 g/mol. The lowest BCUT2D eigenvalue weighted by Gasteiger charge is -2.06. The summed E-state index contributed by atoms with van der Waals surface area (Å²) in [6, 6.07) is 8.86. The van der Waals surface area contributed by atoms with Crippen LogP contribution in [0.1, 0.15) is 5.56 Å². The van der Waals surface area contributed by atoms with E-state index < -0.39 is 0 Å². The fourth-order valence-corrected chi connectivity index (χ4v) is 2.78. The number of nitrogens with zero attached hydrogens (tertiary/aromatic N) is 3. The Hall–Kier alpha value is -1.88. The molecule has 1 aromatic heterocycles. The van der Waals surface area contributed by atoms with Gasteiger partial charge in [-0.05, 0) is 29.8 Å². The Bertz CT molecular complexity index is 841. The molecule has 0 saturated heterocycles. The van der Waals surface area contributed by atoms with Crippen LogP contribution in [-0.2, 0) is 0 Å². The third-order valence-electron chi connectivity index (χ3n) is 2.89. The Morgan fingerprint density at radius 3 is 2.32 bits per heavy atom. The lowest BCUT2D eigenvalue weighted by Crippen LogP contribution is -1.93. The minimum atomic E-state index is 0.402. The fraction of sp³-hybridized carbons (Fsp3) is 0. The first-order chi connectivity index (χ1) is 10.6. The van der Waals surface area contributed by atoms with Crippen LogP contribution in [0.4, 0.5) is 5.69 Å². The van der Waals surface area contributed by atoms with Gasteiger partial charge in [-0.25, -0.2) is 0 Å². The zero-order valence-electron chi connectivity index (χ0n) is 11.1. The molecule has 4 nitrogen and oxygen atoms in total. The second-order valence-electron chi connectivity index (χ2n) is 4.42. The van der Waals surface area contributed by atoms with Crippen LogP contribution >= 0.6 is 34.8 Å². The van der Waals surface area contributed by atoms with E-state index in [0.29, 0.717) is 20.8 Å². The van der Waals surface area contributed by atoms with Crippen molar-refractivity contribution in [2.45, 2.75) is 0 Å². The van der Waals surface area contributed by atoms with Gasteiger partial charge in [-0.15, -0.1) is 0 Å². The summed E-state index contributed by atoms with van der Waals surface area (Å²) in [5.41, 5.74) is 5.83. The number of nitrogens with one attached hydrogen (secondary N) is 1. The molecule has 7 heteroatoms. The van der Waals surface area contributed by atoms with Crippen LogP contribution in [0.5, 0.6) is 0 Å². The highest BCUT2D eigenvalue weighted by Gasteiger charge is 2.06. The second-order valence-corrected chi connectivity index (χ2v) is 5.67. The Kier molecular flexibility index (Phi) is 4.43. The molecule has 0 radical (unpaired) electrons. The molecule has 22 heavy (non-hydrogen) atoms. The van der Waals surface area contributed by atoms with Gasteiger partial charge in [0, 0.05) is 17.4 Å². The average Bonchev–Trinajstić information content (AvgIpc) is 2.49. The number of hydrogen-bond acceptors (Lipinski definition) is 4. The first kappa shape index (κ1) is 15.0. The van der Waals surface area contributed by atoms with Crippen LogP contribution < -0.4 is 5.43 Å². The first-order valence-electron chi connectivity index (χ1n) is 6.28. The number of aromatic nitrogens is 2. The quantitative estimate of drug-likeness (QED) is 0.531. The number of hydrogen-bond donors (Lipinski definition) is 1. The normalized spacial score (nSPS) is 11.2. The molecule has 3 rings (SSSR count). The van der Waals surface area contributed by atoms with Crippen molar-refractivity contribution in [2.24, 2.45) is 5.10 Å². The topological polar surface area (TPSA) is 50.2 Å². The van der Waals surface area contributed by atoms with E-state index in [2.05, 4.69) is 20.5 Å². The third-order valence-corrected chi connectivity index (χ3v) is 3.70. The largest absolute Gasteiger partial charge is 0.275 e. The highest BCUT2D eigenvalue weighted by Crippen LogP contribution is 2.33. The van der Waals surface area contributed by atoms with E-state index in [-0.39, 0.29) is 0 Å². The summed E-state index contributed by atoms with van der Waals surface area (Å²) in [5.74, 6) is 0. The van der Waals surface area contributed by atoms with E-state index in [1.807, 2.05) is 18.2 Å². The molecule has 0 amide bonds. The molecule has 0 unspecified atom stereocenters. The van der Waals surface area contributed by atoms with E-state index in [9.17, 15) is 0 Å². The summed E-state index contributed by atoms with van der Waals surface area (Å²) < 4.78 is 0. The fourth-order valence-electron chi connectivity index (χ4n) is 1.88. The van der Waals surface area contributed by atoms with E-state index in [1.54, 1.807) is 30.7 Å². The van der Waals surface area contributed by atoms with Gasteiger partial charge in [0.15, 0.2) is 0 Å². The maximum Gasteiger partial charge on any atom is 0.0935 e. The number of halogens is 3. The maximum atomic E-state index is 6.07. The van der Waals surface area contributed by atoms with Crippen LogP contribution in [0.3, 0.4) is 0 Å². The minimum absolute atomic E-state index is 0.402. The van der Waals surface area contributed by atoms with Crippen molar-refractivity contribution < 1.29 is 0 Å². The Balaban J connectivity index is 1.82. The first-order valence-corrected chi connectivity index (χ1v) is 7.41. The minimum Gasteiger partial charge on any atom is -0.275 e. The standard InChI is InChI=1S/C15H9Cl3N4/c16-10-6-11(17)15(12(18)7-10)22-21-8-9-1-2-13-14(5-9)20-4-3-19-13/h1-8,22H/b21-8-. The molecule has 1 heterocycles. The van der Waals surface area contributed by atoms with Gasteiger partial charge in [0.25, 0.3) is 0 Å². The van der Waals surface area contributed by atoms with Crippen molar-refractivity contribution >= 4 is 57.7 Å². The summed E-state index contributed by atoms with van der Waals surface area (Å²) in [4.78, 5) is 8.46. The highest BCUT2D eigenvalue weighted by molar-refractivity contribution is 6.41. The van der Waals surface area contributed by atoms with E-state index in [1.165, 1.54) is 0 Å². The van der Waals surface area contributed by atoms with E-state index in [0.717, 1.165) is 16.6 Å². The predicted molar refractivity (Wildman–Crippen MR) is 92.2 cm³/mol. The van der Waals surface area contributed by atoms with Crippen LogP contribution in [0.15, 0.2) is 47.8 Å². The van der Waals surface area contributed by atoms with Crippen LogP contribution in [0, 0.1) is 0 Å². The van der Waals surface area contributed by atoms with Crippen molar-refractivity contribution in [1.82, 2.24) is 9.97 Å². The molecule has 3 aromatic rings. The molecule has 110 valence electrons. The molecule has 0 bridgehead atoms. The number of rotatable bonds is 3. The van der Waals surface area contributed by atoms with Gasteiger partial charge in [0.1, 0.15) is 0 Å². The molecule has 0 aliphatic heterocycles. The lowest BCUT2D eigenvalue weighted by molar-refractivity contribution is 1.29. The molecule has 0 fully saturated rings. The number of fused-ring (bicyclic) bond motifs is 1. The van der Waals surface area contributed by atoms with Crippen LogP contribution in [0.25, 0.3) is 11.0 Å². The van der Waals surface area contributed by atoms with Gasteiger partial charge >= 0.3 is 0 Å². The summed E-state index contributed by atoms with van der Waals surface area (Å²) in [6.45, 7) is 0. The Morgan fingerprint density at radius 1 is 0.909 bits per heavy atom.